The highest BCUT2D eigenvalue weighted by atomic mass is 16.5. The zero-order chi connectivity index (χ0) is 12.3. The Morgan fingerprint density at radius 1 is 1.65 bits per heavy atom. The van der Waals surface area contributed by atoms with Crippen molar-refractivity contribution < 1.29 is 9.32 Å². The molecular weight excluding hydrogens is 220 g/mol. The Bertz CT molecular complexity index is 396. The van der Waals surface area contributed by atoms with E-state index in [1.165, 1.54) is 0 Å². The van der Waals surface area contributed by atoms with Crippen LogP contribution in [0.1, 0.15) is 31.5 Å². The summed E-state index contributed by atoms with van der Waals surface area (Å²) in [6.45, 7) is 5.75. The monoisotopic (exact) mass is 238 g/mol. The number of piperidine rings is 1. The zero-order valence-electron chi connectivity index (χ0n) is 10.2. The molecule has 1 amide bonds. The van der Waals surface area contributed by atoms with E-state index in [0.29, 0.717) is 18.3 Å². The second-order valence-electron chi connectivity index (χ2n) is 4.75. The number of carbonyl (C=O) groups excluding carboxylic acids is 1. The maximum Gasteiger partial charge on any atom is 0.227 e. The summed E-state index contributed by atoms with van der Waals surface area (Å²) in [5.41, 5.74) is -0.322. The summed E-state index contributed by atoms with van der Waals surface area (Å²) in [5.74, 6) is 1.08. The van der Waals surface area contributed by atoms with Crippen molar-refractivity contribution in [1.29, 1.82) is 0 Å². The second kappa shape index (κ2) is 4.83. The summed E-state index contributed by atoms with van der Waals surface area (Å²) in [6, 6.07) is 0. The molecule has 1 aliphatic rings. The molecule has 1 atom stereocenters. The van der Waals surface area contributed by atoms with Crippen LogP contribution >= 0.6 is 0 Å². The highest BCUT2D eigenvalue weighted by Gasteiger charge is 2.34. The molecule has 0 saturated carbocycles. The summed E-state index contributed by atoms with van der Waals surface area (Å²) in [5, 5.41) is 9.85. The zero-order valence-corrected chi connectivity index (χ0v) is 10.2. The van der Waals surface area contributed by atoms with Crippen LogP contribution in [0.5, 0.6) is 0 Å². The number of rotatable bonds is 3. The van der Waals surface area contributed by atoms with E-state index in [9.17, 15) is 4.79 Å². The Labute approximate surface area is 100 Å². The van der Waals surface area contributed by atoms with Gasteiger partial charge in [0.2, 0.25) is 11.8 Å². The van der Waals surface area contributed by atoms with Crippen LogP contribution in [0.3, 0.4) is 0 Å². The van der Waals surface area contributed by atoms with Crippen LogP contribution in [0, 0.1) is 12.3 Å². The summed E-state index contributed by atoms with van der Waals surface area (Å²) in [6.07, 6.45) is 1.95. The first-order valence-corrected chi connectivity index (χ1v) is 5.88. The first-order chi connectivity index (χ1) is 8.10. The van der Waals surface area contributed by atoms with E-state index in [1.54, 1.807) is 6.92 Å². The normalized spacial score (nSPS) is 24.6. The van der Waals surface area contributed by atoms with Crippen molar-refractivity contribution in [1.82, 2.24) is 20.8 Å². The molecule has 1 aliphatic heterocycles. The van der Waals surface area contributed by atoms with Crippen LogP contribution in [-0.2, 0) is 11.3 Å². The van der Waals surface area contributed by atoms with E-state index in [1.807, 2.05) is 6.92 Å². The van der Waals surface area contributed by atoms with Crippen molar-refractivity contribution in [3.63, 3.8) is 0 Å². The van der Waals surface area contributed by atoms with Gasteiger partial charge in [0.1, 0.15) is 0 Å². The molecule has 17 heavy (non-hydrogen) atoms. The highest BCUT2D eigenvalue weighted by Crippen LogP contribution is 2.25. The molecule has 1 fully saturated rings. The van der Waals surface area contributed by atoms with Crippen LogP contribution in [0.15, 0.2) is 4.52 Å². The van der Waals surface area contributed by atoms with Crippen molar-refractivity contribution in [3.05, 3.63) is 11.7 Å². The van der Waals surface area contributed by atoms with Crippen LogP contribution in [-0.4, -0.2) is 29.1 Å². The molecule has 1 aromatic rings. The third-order valence-corrected chi connectivity index (χ3v) is 3.12. The maximum atomic E-state index is 12.1. The van der Waals surface area contributed by atoms with Gasteiger partial charge in [0, 0.05) is 13.5 Å². The molecule has 0 radical (unpaired) electrons. The number of aromatic nitrogens is 2. The molecule has 0 spiro atoms. The van der Waals surface area contributed by atoms with Gasteiger partial charge in [-0.3, -0.25) is 4.79 Å². The minimum absolute atomic E-state index is 0.0483. The summed E-state index contributed by atoms with van der Waals surface area (Å²) in [7, 11) is 0. The Hall–Kier alpha value is -1.43. The standard InChI is InChI=1S/C11H18N4O2/c1-8-14-9(15-17-8)6-13-10(16)11(2)4-3-5-12-7-11/h12H,3-7H2,1-2H3,(H,13,16). The fraction of sp³-hybridized carbons (Fsp3) is 0.727. The smallest absolute Gasteiger partial charge is 0.227 e. The topological polar surface area (TPSA) is 80.0 Å². The Kier molecular flexibility index (Phi) is 3.42. The van der Waals surface area contributed by atoms with Gasteiger partial charge in [0.25, 0.3) is 0 Å². The van der Waals surface area contributed by atoms with Crippen molar-refractivity contribution in [2.45, 2.75) is 33.2 Å². The maximum absolute atomic E-state index is 12.1. The van der Waals surface area contributed by atoms with Gasteiger partial charge in [0.15, 0.2) is 5.82 Å². The molecule has 0 aromatic carbocycles. The van der Waals surface area contributed by atoms with Gasteiger partial charge in [0.05, 0.1) is 12.0 Å². The molecule has 2 heterocycles. The molecule has 0 bridgehead atoms. The fourth-order valence-corrected chi connectivity index (χ4v) is 2.04. The van der Waals surface area contributed by atoms with E-state index < -0.39 is 0 Å². The molecule has 0 aliphatic carbocycles. The minimum Gasteiger partial charge on any atom is -0.348 e. The van der Waals surface area contributed by atoms with Crippen molar-refractivity contribution in [3.8, 4) is 0 Å². The van der Waals surface area contributed by atoms with Crippen LogP contribution in [0.4, 0.5) is 0 Å². The van der Waals surface area contributed by atoms with Crippen LogP contribution in [0.2, 0.25) is 0 Å². The van der Waals surface area contributed by atoms with Gasteiger partial charge in [-0.2, -0.15) is 4.98 Å². The number of aryl methyl sites for hydroxylation is 1. The minimum atomic E-state index is -0.322. The highest BCUT2D eigenvalue weighted by molar-refractivity contribution is 5.82. The average Bonchev–Trinajstić information content (AvgIpc) is 2.73. The van der Waals surface area contributed by atoms with Crippen molar-refractivity contribution in [2.75, 3.05) is 13.1 Å². The predicted molar refractivity (Wildman–Crippen MR) is 61.1 cm³/mol. The van der Waals surface area contributed by atoms with E-state index in [2.05, 4.69) is 20.8 Å². The van der Waals surface area contributed by atoms with Gasteiger partial charge in [-0.15, -0.1) is 0 Å². The quantitative estimate of drug-likeness (QED) is 0.796. The predicted octanol–water partition coefficient (Wildman–Crippen LogP) is 0.384. The Morgan fingerprint density at radius 2 is 2.47 bits per heavy atom. The van der Waals surface area contributed by atoms with E-state index in [-0.39, 0.29) is 11.3 Å². The van der Waals surface area contributed by atoms with E-state index >= 15 is 0 Å². The number of amides is 1. The molecule has 1 aromatic heterocycles. The molecule has 2 rings (SSSR count). The van der Waals surface area contributed by atoms with E-state index in [0.717, 1.165) is 25.9 Å². The number of nitrogens with zero attached hydrogens (tertiary/aromatic N) is 2. The average molecular weight is 238 g/mol. The Balaban J connectivity index is 1.88. The Morgan fingerprint density at radius 3 is 3.06 bits per heavy atom. The molecular formula is C11H18N4O2. The molecule has 2 N–H and O–H groups in total. The summed E-state index contributed by atoms with van der Waals surface area (Å²) >= 11 is 0. The van der Waals surface area contributed by atoms with Gasteiger partial charge in [-0.1, -0.05) is 5.16 Å². The van der Waals surface area contributed by atoms with E-state index in [4.69, 9.17) is 4.52 Å². The summed E-state index contributed by atoms with van der Waals surface area (Å²) < 4.78 is 4.84. The third kappa shape index (κ3) is 2.82. The number of hydrogen-bond donors (Lipinski definition) is 2. The van der Waals surface area contributed by atoms with Crippen LogP contribution < -0.4 is 10.6 Å². The lowest BCUT2D eigenvalue weighted by Crippen LogP contribution is -2.48. The van der Waals surface area contributed by atoms with Gasteiger partial charge in [-0.05, 0) is 26.3 Å². The lowest BCUT2D eigenvalue weighted by atomic mass is 9.82. The number of hydrogen-bond acceptors (Lipinski definition) is 5. The van der Waals surface area contributed by atoms with Crippen LogP contribution in [0.25, 0.3) is 0 Å². The fourth-order valence-electron chi connectivity index (χ4n) is 2.04. The molecule has 94 valence electrons. The van der Waals surface area contributed by atoms with Gasteiger partial charge >= 0.3 is 0 Å². The molecule has 6 heteroatoms. The van der Waals surface area contributed by atoms with Crippen molar-refractivity contribution in [2.24, 2.45) is 5.41 Å². The lowest BCUT2D eigenvalue weighted by Gasteiger charge is -2.32. The largest absolute Gasteiger partial charge is 0.348 e. The molecule has 1 unspecified atom stereocenters. The second-order valence-corrected chi connectivity index (χ2v) is 4.75. The first-order valence-electron chi connectivity index (χ1n) is 5.88. The number of carbonyl (C=O) groups is 1. The molecule has 1 saturated heterocycles. The number of nitrogens with one attached hydrogen (secondary N) is 2. The van der Waals surface area contributed by atoms with Gasteiger partial charge < -0.3 is 15.2 Å². The van der Waals surface area contributed by atoms with Crippen molar-refractivity contribution >= 4 is 5.91 Å². The lowest BCUT2D eigenvalue weighted by molar-refractivity contribution is -0.131. The van der Waals surface area contributed by atoms with Gasteiger partial charge in [-0.25, -0.2) is 0 Å². The SMILES string of the molecule is Cc1nc(CNC(=O)C2(C)CCCNC2)no1. The summed E-state index contributed by atoms with van der Waals surface area (Å²) in [4.78, 5) is 16.1. The first kappa shape index (κ1) is 12.0. The third-order valence-electron chi connectivity index (χ3n) is 3.12. The molecule has 6 nitrogen and oxygen atoms in total.